The molecule has 7 heteroatoms. The van der Waals surface area contributed by atoms with Gasteiger partial charge in [-0.3, -0.25) is 14.9 Å². The van der Waals surface area contributed by atoms with Gasteiger partial charge in [0.25, 0.3) is 0 Å². The van der Waals surface area contributed by atoms with E-state index in [9.17, 15) is 20.2 Å². The van der Waals surface area contributed by atoms with Crippen LogP contribution in [0.3, 0.4) is 0 Å². The number of nitro groups is 1. The zero-order chi connectivity index (χ0) is 16.6. The molecule has 0 spiro atoms. The summed E-state index contributed by atoms with van der Waals surface area (Å²) in [6, 6.07) is 3.57. The molecule has 116 valence electrons. The summed E-state index contributed by atoms with van der Waals surface area (Å²) in [4.78, 5) is 22.7. The fourth-order valence-electron chi connectivity index (χ4n) is 2.96. The first-order valence-electron chi connectivity index (χ1n) is 7.10. The Morgan fingerprint density at radius 2 is 2.35 bits per heavy atom. The quantitative estimate of drug-likeness (QED) is 0.372. The topological polar surface area (TPSA) is 88.9 Å². The zero-order valence-electron chi connectivity index (χ0n) is 12.4. The minimum atomic E-state index is -0.458. The first kappa shape index (κ1) is 15.2. The number of rotatable bonds is 4. The van der Waals surface area contributed by atoms with Gasteiger partial charge in [-0.1, -0.05) is 11.3 Å². The molecule has 0 saturated heterocycles. The largest absolute Gasteiger partial charge is 0.347 e. The maximum Gasteiger partial charge on any atom is 0.324 e. The summed E-state index contributed by atoms with van der Waals surface area (Å²) in [5.41, 5.74) is 3.28. The normalized spacial score (nSPS) is 13.2. The molecule has 0 radical (unpaired) electrons. The van der Waals surface area contributed by atoms with Crippen molar-refractivity contribution in [2.45, 2.75) is 26.3 Å². The van der Waals surface area contributed by atoms with Gasteiger partial charge in [-0.25, -0.2) is 0 Å². The summed E-state index contributed by atoms with van der Waals surface area (Å²) in [5, 5.41) is 21.7. The van der Waals surface area contributed by atoms with Crippen molar-refractivity contribution in [2.24, 2.45) is 0 Å². The van der Waals surface area contributed by atoms with Gasteiger partial charge in [0.1, 0.15) is 6.07 Å². The van der Waals surface area contributed by atoms with Crippen LogP contribution in [0.2, 0.25) is 0 Å². The molecule has 0 saturated carbocycles. The standard InChI is InChI=1S/C16H13N3O3S/c1-10-16(12(8-17)13-3-2-6-18(10)13)14(20)5-4-11-7-15(19(21)22)23-9-11/h4-5,7,9H,2-3,6H2,1H3/b5-4+. The minimum absolute atomic E-state index is 0.0360. The van der Waals surface area contributed by atoms with Crippen molar-refractivity contribution >= 4 is 28.2 Å². The van der Waals surface area contributed by atoms with Crippen LogP contribution in [-0.4, -0.2) is 15.3 Å². The van der Waals surface area contributed by atoms with Crippen molar-refractivity contribution in [3.63, 3.8) is 0 Å². The third-order valence-electron chi connectivity index (χ3n) is 4.00. The van der Waals surface area contributed by atoms with Gasteiger partial charge in [0.05, 0.1) is 16.1 Å². The predicted octanol–water partition coefficient (Wildman–Crippen LogP) is 3.48. The van der Waals surface area contributed by atoms with E-state index in [1.54, 1.807) is 11.5 Å². The summed E-state index contributed by atoms with van der Waals surface area (Å²) in [7, 11) is 0. The van der Waals surface area contributed by atoms with E-state index in [4.69, 9.17) is 0 Å². The molecular formula is C16H13N3O3S. The molecule has 3 heterocycles. The first-order chi connectivity index (χ1) is 11.0. The number of aromatic nitrogens is 1. The molecule has 6 nitrogen and oxygen atoms in total. The van der Waals surface area contributed by atoms with Gasteiger partial charge in [0.2, 0.25) is 0 Å². The van der Waals surface area contributed by atoms with E-state index in [1.807, 2.05) is 11.5 Å². The van der Waals surface area contributed by atoms with E-state index in [2.05, 4.69) is 6.07 Å². The Hall–Kier alpha value is -2.72. The number of hydrogen-bond donors (Lipinski definition) is 0. The molecule has 0 bridgehead atoms. The Kier molecular flexibility index (Phi) is 3.84. The minimum Gasteiger partial charge on any atom is -0.347 e. The van der Waals surface area contributed by atoms with Crippen molar-refractivity contribution < 1.29 is 9.72 Å². The van der Waals surface area contributed by atoms with Crippen molar-refractivity contribution in [1.29, 1.82) is 5.26 Å². The van der Waals surface area contributed by atoms with Crippen LogP contribution in [0.1, 0.15) is 39.3 Å². The van der Waals surface area contributed by atoms with Crippen LogP contribution in [-0.2, 0) is 13.0 Å². The van der Waals surface area contributed by atoms with Crippen LogP contribution in [0.25, 0.3) is 6.08 Å². The van der Waals surface area contributed by atoms with Crippen molar-refractivity contribution in [3.8, 4) is 6.07 Å². The Morgan fingerprint density at radius 3 is 3.00 bits per heavy atom. The van der Waals surface area contributed by atoms with E-state index in [0.717, 1.165) is 42.1 Å². The maximum atomic E-state index is 12.5. The van der Waals surface area contributed by atoms with Crippen molar-refractivity contribution in [3.05, 3.63) is 55.7 Å². The number of fused-ring (bicyclic) bond motifs is 1. The van der Waals surface area contributed by atoms with E-state index in [1.165, 1.54) is 12.1 Å². The van der Waals surface area contributed by atoms with Crippen LogP contribution in [0.5, 0.6) is 0 Å². The molecule has 0 atom stereocenters. The van der Waals surface area contributed by atoms with Gasteiger partial charge in [0, 0.05) is 29.4 Å². The number of thiophene rings is 1. The lowest BCUT2D eigenvalue weighted by molar-refractivity contribution is -0.380. The van der Waals surface area contributed by atoms with Crippen LogP contribution < -0.4 is 0 Å². The van der Waals surface area contributed by atoms with Gasteiger partial charge in [-0.05, 0) is 37.5 Å². The number of carbonyl (C=O) groups excluding carboxylic acids is 1. The molecule has 1 aliphatic heterocycles. The van der Waals surface area contributed by atoms with Gasteiger partial charge in [-0.2, -0.15) is 5.26 Å². The monoisotopic (exact) mass is 327 g/mol. The molecule has 0 aromatic carbocycles. The molecule has 2 aromatic rings. The maximum absolute atomic E-state index is 12.5. The van der Waals surface area contributed by atoms with Gasteiger partial charge in [-0.15, -0.1) is 0 Å². The van der Waals surface area contributed by atoms with E-state index in [-0.39, 0.29) is 10.8 Å². The Labute approximate surface area is 136 Å². The third kappa shape index (κ3) is 2.58. The number of allylic oxidation sites excluding steroid dienone is 1. The van der Waals surface area contributed by atoms with Crippen molar-refractivity contribution in [1.82, 2.24) is 4.57 Å². The van der Waals surface area contributed by atoms with Gasteiger partial charge < -0.3 is 4.57 Å². The number of hydrogen-bond acceptors (Lipinski definition) is 5. The fraction of sp³-hybridized carbons (Fsp3) is 0.250. The molecular weight excluding hydrogens is 314 g/mol. The number of nitrogens with zero attached hydrogens (tertiary/aromatic N) is 3. The number of ketones is 1. The predicted molar refractivity (Wildman–Crippen MR) is 86.5 cm³/mol. The molecule has 2 aromatic heterocycles. The van der Waals surface area contributed by atoms with Crippen LogP contribution in [0, 0.1) is 28.4 Å². The molecule has 3 rings (SSSR count). The highest BCUT2D eigenvalue weighted by molar-refractivity contribution is 7.13. The van der Waals surface area contributed by atoms with Crippen LogP contribution in [0.4, 0.5) is 5.00 Å². The molecule has 23 heavy (non-hydrogen) atoms. The van der Waals surface area contributed by atoms with Crippen LogP contribution in [0.15, 0.2) is 17.5 Å². The molecule has 0 fully saturated rings. The smallest absolute Gasteiger partial charge is 0.324 e. The summed E-state index contributed by atoms with van der Waals surface area (Å²) < 4.78 is 2.04. The Balaban J connectivity index is 1.91. The SMILES string of the molecule is Cc1c(C(=O)/C=C/c2csc([N+](=O)[O-])c2)c(C#N)c2n1CCC2. The molecule has 0 aliphatic carbocycles. The highest BCUT2D eigenvalue weighted by Crippen LogP contribution is 2.29. The zero-order valence-corrected chi connectivity index (χ0v) is 13.2. The highest BCUT2D eigenvalue weighted by atomic mass is 32.1. The number of nitriles is 1. The fourth-order valence-corrected chi connectivity index (χ4v) is 3.66. The highest BCUT2D eigenvalue weighted by Gasteiger charge is 2.26. The average Bonchev–Trinajstić information content (AvgIpc) is 3.21. The summed E-state index contributed by atoms with van der Waals surface area (Å²) in [5.74, 6) is -0.241. The lowest BCUT2D eigenvalue weighted by Gasteiger charge is -2.01. The second-order valence-corrected chi connectivity index (χ2v) is 6.21. The molecule has 1 aliphatic rings. The van der Waals surface area contributed by atoms with E-state index in [0.29, 0.717) is 16.7 Å². The summed E-state index contributed by atoms with van der Waals surface area (Å²) in [6.07, 6.45) is 4.74. The second kappa shape index (κ2) is 5.82. The lowest BCUT2D eigenvalue weighted by Crippen LogP contribution is -2.01. The molecule has 0 amide bonds. The Bertz CT molecular complexity index is 883. The summed E-state index contributed by atoms with van der Waals surface area (Å²) in [6.45, 7) is 2.69. The molecule has 0 unspecified atom stereocenters. The lowest BCUT2D eigenvalue weighted by atomic mass is 10.0. The Morgan fingerprint density at radius 1 is 1.57 bits per heavy atom. The molecule has 0 N–H and O–H groups in total. The van der Waals surface area contributed by atoms with Crippen molar-refractivity contribution in [2.75, 3.05) is 0 Å². The second-order valence-electron chi connectivity index (χ2n) is 5.32. The third-order valence-corrected chi connectivity index (χ3v) is 4.90. The van der Waals surface area contributed by atoms with Crippen LogP contribution >= 0.6 is 11.3 Å². The van der Waals surface area contributed by atoms with Gasteiger partial charge >= 0.3 is 5.00 Å². The summed E-state index contributed by atoms with van der Waals surface area (Å²) >= 11 is 1.02. The van der Waals surface area contributed by atoms with E-state index >= 15 is 0 Å². The first-order valence-corrected chi connectivity index (χ1v) is 7.98. The number of carbonyl (C=O) groups is 1. The average molecular weight is 327 g/mol. The van der Waals surface area contributed by atoms with E-state index < -0.39 is 4.92 Å². The van der Waals surface area contributed by atoms with Gasteiger partial charge in [0.15, 0.2) is 5.78 Å².